The van der Waals surface area contributed by atoms with E-state index >= 15 is 0 Å². The van der Waals surface area contributed by atoms with Gasteiger partial charge in [0.2, 0.25) is 11.8 Å². The van der Waals surface area contributed by atoms with Crippen molar-refractivity contribution >= 4 is 11.8 Å². The fourth-order valence-corrected chi connectivity index (χ4v) is 2.22. The highest BCUT2D eigenvalue weighted by molar-refractivity contribution is 5.98. The van der Waals surface area contributed by atoms with Crippen molar-refractivity contribution < 1.29 is 14.3 Å². The summed E-state index contributed by atoms with van der Waals surface area (Å²) in [5, 5.41) is 2.32. The number of imide groups is 1. The SMILES string of the molecule is COCc1ccccc1C1CC(=O)NC(=O)C1. The minimum absolute atomic E-state index is 0.0254. The van der Waals surface area contributed by atoms with Gasteiger partial charge in [-0.3, -0.25) is 14.9 Å². The third kappa shape index (κ3) is 2.71. The summed E-state index contributed by atoms with van der Waals surface area (Å²) in [5.74, 6) is -0.417. The molecule has 0 bridgehead atoms. The lowest BCUT2D eigenvalue weighted by molar-refractivity contribution is -0.133. The van der Waals surface area contributed by atoms with Gasteiger partial charge in [-0.15, -0.1) is 0 Å². The van der Waals surface area contributed by atoms with Gasteiger partial charge in [-0.1, -0.05) is 24.3 Å². The molecule has 1 aliphatic heterocycles. The van der Waals surface area contributed by atoms with Gasteiger partial charge in [0.1, 0.15) is 0 Å². The lowest BCUT2D eigenvalue weighted by atomic mass is 9.86. The number of methoxy groups -OCH3 is 1. The lowest BCUT2D eigenvalue weighted by Gasteiger charge is -2.23. The fraction of sp³-hybridized carbons (Fsp3) is 0.385. The number of rotatable bonds is 3. The fourth-order valence-electron chi connectivity index (χ4n) is 2.22. The summed E-state index contributed by atoms with van der Waals surface area (Å²) in [6.45, 7) is 0.502. The predicted octanol–water partition coefficient (Wildman–Crippen LogP) is 1.35. The van der Waals surface area contributed by atoms with Crippen LogP contribution in [-0.2, 0) is 20.9 Å². The van der Waals surface area contributed by atoms with Crippen LogP contribution in [0.3, 0.4) is 0 Å². The van der Waals surface area contributed by atoms with E-state index in [9.17, 15) is 9.59 Å². The molecule has 1 aromatic rings. The van der Waals surface area contributed by atoms with Crippen molar-refractivity contribution in [2.45, 2.75) is 25.4 Å². The van der Waals surface area contributed by atoms with Crippen LogP contribution in [-0.4, -0.2) is 18.9 Å². The first-order chi connectivity index (χ1) is 8.20. The van der Waals surface area contributed by atoms with E-state index in [1.165, 1.54) is 0 Å². The van der Waals surface area contributed by atoms with Crippen molar-refractivity contribution in [1.29, 1.82) is 0 Å². The second-order valence-electron chi connectivity index (χ2n) is 4.21. The molecule has 1 heterocycles. The zero-order valence-electron chi connectivity index (χ0n) is 9.73. The highest BCUT2D eigenvalue weighted by atomic mass is 16.5. The summed E-state index contributed by atoms with van der Waals surface area (Å²) in [7, 11) is 1.63. The molecule has 17 heavy (non-hydrogen) atoms. The third-order valence-corrected chi connectivity index (χ3v) is 2.94. The Balaban J connectivity index is 2.26. The van der Waals surface area contributed by atoms with E-state index in [4.69, 9.17) is 4.74 Å². The van der Waals surface area contributed by atoms with Crippen LogP contribution in [0.5, 0.6) is 0 Å². The quantitative estimate of drug-likeness (QED) is 0.802. The number of hydrogen-bond acceptors (Lipinski definition) is 3. The molecule has 0 atom stereocenters. The first-order valence-corrected chi connectivity index (χ1v) is 5.60. The zero-order chi connectivity index (χ0) is 12.3. The molecule has 4 nitrogen and oxygen atoms in total. The van der Waals surface area contributed by atoms with Crippen molar-refractivity contribution in [3.63, 3.8) is 0 Å². The summed E-state index contributed by atoms with van der Waals surface area (Å²) in [5.41, 5.74) is 2.08. The molecule has 0 saturated carbocycles. The highest BCUT2D eigenvalue weighted by Crippen LogP contribution is 2.29. The van der Waals surface area contributed by atoms with E-state index in [2.05, 4.69) is 5.32 Å². The van der Waals surface area contributed by atoms with Crippen molar-refractivity contribution in [1.82, 2.24) is 5.32 Å². The normalized spacial score (nSPS) is 17.0. The highest BCUT2D eigenvalue weighted by Gasteiger charge is 2.27. The number of carbonyl (C=O) groups is 2. The average molecular weight is 233 g/mol. The molecule has 0 spiro atoms. The van der Waals surface area contributed by atoms with Crippen molar-refractivity contribution in [2.24, 2.45) is 0 Å². The molecule has 0 unspecified atom stereocenters. The van der Waals surface area contributed by atoms with Crippen molar-refractivity contribution in [3.8, 4) is 0 Å². The lowest BCUT2D eigenvalue weighted by Crippen LogP contribution is -2.37. The molecule has 1 fully saturated rings. The molecule has 1 aromatic carbocycles. The molecule has 90 valence electrons. The summed E-state index contributed by atoms with van der Waals surface area (Å²) >= 11 is 0. The molecular weight excluding hydrogens is 218 g/mol. The number of benzene rings is 1. The third-order valence-electron chi connectivity index (χ3n) is 2.94. The number of ether oxygens (including phenoxy) is 1. The minimum Gasteiger partial charge on any atom is -0.380 e. The van der Waals surface area contributed by atoms with Crippen LogP contribution in [0.15, 0.2) is 24.3 Å². The number of hydrogen-bond donors (Lipinski definition) is 1. The number of carbonyl (C=O) groups excluding carboxylic acids is 2. The second-order valence-corrected chi connectivity index (χ2v) is 4.21. The summed E-state index contributed by atoms with van der Waals surface area (Å²) in [6, 6.07) is 7.79. The monoisotopic (exact) mass is 233 g/mol. The summed E-state index contributed by atoms with van der Waals surface area (Å²) < 4.78 is 5.13. The number of amides is 2. The van der Waals surface area contributed by atoms with E-state index in [1.807, 2.05) is 24.3 Å². The van der Waals surface area contributed by atoms with E-state index in [-0.39, 0.29) is 17.7 Å². The van der Waals surface area contributed by atoms with E-state index < -0.39 is 0 Å². The molecule has 0 aromatic heterocycles. The van der Waals surface area contributed by atoms with Crippen LogP contribution in [0, 0.1) is 0 Å². The molecule has 1 N–H and O–H groups in total. The van der Waals surface area contributed by atoms with Gasteiger partial charge in [0.05, 0.1) is 6.61 Å². The second kappa shape index (κ2) is 5.10. The van der Waals surface area contributed by atoms with Crippen LogP contribution in [0.4, 0.5) is 0 Å². The summed E-state index contributed by atoms with van der Waals surface area (Å²) in [6.07, 6.45) is 0.735. The Morgan fingerprint density at radius 1 is 1.24 bits per heavy atom. The predicted molar refractivity (Wildman–Crippen MR) is 62.3 cm³/mol. The Morgan fingerprint density at radius 2 is 1.88 bits per heavy atom. The van der Waals surface area contributed by atoms with E-state index in [0.29, 0.717) is 19.4 Å². The van der Waals surface area contributed by atoms with E-state index in [1.54, 1.807) is 7.11 Å². The molecule has 2 amide bonds. The van der Waals surface area contributed by atoms with Crippen LogP contribution in [0.1, 0.15) is 29.9 Å². The molecule has 0 radical (unpaired) electrons. The maximum atomic E-state index is 11.4. The van der Waals surface area contributed by atoms with Gasteiger partial charge in [0.15, 0.2) is 0 Å². The van der Waals surface area contributed by atoms with Crippen LogP contribution in [0.25, 0.3) is 0 Å². The molecule has 4 heteroatoms. The average Bonchev–Trinajstić information content (AvgIpc) is 2.29. The largest absolute Gasteiger partial charge is 0.380 e. The van der Waals surface area contributed by atoms with Crippen molar-refractivity contribution in [2.75, 3.05) is 7.11 Å². The van der Waals surface area contributed by atoms with Crippen LogP contribution in [0.2, 0.25) is 0 Å². The zero-order valence-corrected chi connectivity index (χ0v) is 9.73. The van der Waals surface area contributed by atoms with Gasteiger partial charge in [-0.2, -0.15) is 0 Å². The molecule has 2 rings (SSSR count). The Kier molecular flexibility index (Phi) is 3.54. The minimum atomic E-state index is -0.196. The first-order valence-electron chi connectivity index (χ1n) is 5.60. The van der Waals surface area contributed by atoms with Crippen LogP contribution >= 0.6 is 0 Å². The van der Waals surface area contributed by atoms with E-state index in [0.717, 1.165) is 11.1 Å². The maximum Gasteiger partial charge on any atom is 0.227 e. The van der Waals surface area contributed by atoms with Gasteiger partial charge in [-0.25, -0.2) is 0 Å². The molecule has 0 aliphatic carbocycles. The maximum absolute atomic E-state index is 11.4. The Labute approximate surface area is 100.0 Å². The molecule has 1 aliphatic rings. The van der Waals surface area contributed by atoms with Crippen molar-refractivity contribution in [3.05, 3.63) is 35.4 Å². The molecule has 1 saturated heterocycles. The van der Waals surface area contributed by atoms with Gasteiger partial charge in [0.25, 0.3) is 0 Å². The standard InChI is InChI=1S/C13H15NO3/c1-17-8-9-4-2-3-5-11(9)10-6-12(15)14-13(16)7-10/h2-5,10H,6-8H2,1H3,(H,14,15,16). The topological polar surface area (TPSA) is 55.4 Å². The van der Waals surface area contributed by atoms with Gasteiger partial charge >= 0.3 is 0 Å². The van der Waals surface area contributed by atoms with Gasteiger partial charge in [0, 0.05) is 25.9 Å². The summed E-state index contributed by atoms with van der Waals surface area (Å²) in [4.78, 5) is 22.7. The Morgan fingerprint density at radius 3 is 2.53 bits per heavy atom. The van der Waals surface area contributed by atoms with Crippen LogP contribution < -0.4 is 5.32 Å². The Bertz CT molecular complexity index is 426. The van der Waals surface area contributed by atoms with Gasteiger partial charge in [-0.05, 0) is 11.1 Å². The first kappa shape index (κ1) is 11.8. The Hall–Kier alpha value is -1.68. The molecular formula is C13H15NO3. The number of nitrogens with one attached hydrogen (secondary N) is 1. The van der Waals surface area contributed by atoms with Gasteiger partial charge < -0.3 is 4.74 Å². The smallest absolute Gasteiger partial charge is 0.227 e. The number of piperidine rings is 1.